The highest BCUT2D eigenvalue weighted by Gasteiger charge is 2.36. The van der Waals surface area contributed by atoms with Crippen molar-refractivity contribution < 1.29 is 13.9 Å². The first-order valence-electron chi connectivity index (χ1n) is 11.1. The molecule has 0 radical (unpaired) electrons. The number of aromatic amines is 1. The minimum Gasteiger partial charge on any atom is -0.444 e. The van der Waals surface area contributed by atoms with Gasteiger partial charge in [0.15, 0.2) is 0 Å². The van der Waals surface area contributed by atoms with Gasteiger partial charge < -0.3 is 14.6 Å². The Balaban J connectivity index is 1.65. The number of aromatic nitrogens is 2. The third-order valence-electron chi connectivity index (χ3n) is 6.16. The first-order valence-corrected chi connectivity index (χ1v) is 11.9. The average Bonchev–Trinajstić information content (AvgIpc) is 3.20. The molecule has 0 unspecified atom stereocenters. The smallest absolute Gasteiger partial charge is 0.410 e. The van der Waals surface area contributed by atoms with Crippen molar-refractivity contribution in [3.63, 3.8) is 0 Å². The lowest BCUT2D eigenvalue weighted by Gasteiger charge is -2.39. The fraction of sp³-hybridized carbons (Fsp3) is 0.385. The number of H-pyrrole nitrogens is 1. The van der Waals surface area contributed by atoms with Gasteiger partial charge in [0.1, 0.15) is 16.0 Å². The second kappa shape index (κ2) is 8.93. The zero-order valence-corrected chi connectivity index (χ0v) is 21.0. The van der Waals surface area contributed by atoms with Crippen LogP contribution >= 0.6 is 15.9 Å². The zero-order chi connectivity index (χ0) is 23.8. The molecule has 3 aromatic rings. The van der Waals surface area contributed by atoms with Crippen LogP contribution in [-0.4, -0.2) is 39.7 Å². The van der Waals surface area contributed by atoms with Crippen molar-refractivity contribution in [2.45, 2.75) is 51.6 Å². The Morgan fingerprint density at radius 1 is 1.12 bits per heavy atom. The topological polar surface area (TPSA) is 58.2 Å². The molecular formula is C26H29BrFN3O2. The van der Waals surface area contributed by atoms with Crippen molar-refractivity contribution in [1.82, 2.24) is 14.9 Å². The maximum atomic E-state index is 13.6. The predicted molar refractivity (Wildman–Crippen MR) is 132 cm³/mol. The molecule has 0 aliphatic carbocycles. The minimum atomic E-state index is -0.505. The first-order chi connectivity index (χ1) is 15.5. The summed E-state index contributed by atoms with van der Waals surface area (Å²) in [7, 11) is 0. The Morgan fingerprint density at radius 3 is 2.39 bits per heavy atom. The van der Waals surface area contributed by atoms with E-state index in [1.54, 1.807) is 23.2 Å². The van der Waals surface area contributed by atoms with Crippen LogP contribution in [0.5, 0.6) is 0 Å². The monoisotopic (exact) mass is 513 g/mol. The molecule has 1 aliphatic rings. The van der Waals surface area contributed by atoms with Crippen molar-refractivity contribution in [3.8, 4) is 22.4 Å². The highest BCUT2D eigenvalue weighted by molar-refractivity contribution is 9.10. The Morgan fingerprint density at radius 2 is 1.79 bits per heavy atom. The number of carbonyl (C=O) groups is 1. The Labute approximate surface area is 202 Å². The molecule has 2 aromatic heterocycles. The van der Waals surface area contributed by atoms with E-state index in [0.29, 0.717) is 13.1 Å². The number of benzene rings is 1. The summed E-state index contributed by atoms with van der Waals surface area (Å²) in [4.78, 5) is 22.2. The first kappa shape index (κ1) is 23.5. The zero-order valence-electron chi connectivity index (χ0n) is 19.4. The van der Waals surface area contributed by atoms with Crippen molar-refractivity contribution in [3.05, 3.63) is 64.8 Å². The summed E-state index contributed by atoms with van der Waals surface area (Å²) in [5.41, 5.74) is 4.39. The SMILES string of the molecule is CC(C)(C)OC(=O)N1CCC(C)(c2cc(-c3ccnc(Br)c3)c(-c3ccc(F)cc3)[nH]2)CC1. The van der Waals surface area contributed by atoms with Crippen LogP contribution in [0.25, 0.3) is 22.4 Å². The molecule has 1 amide bonds. The molecule has 1 saturated heterocycles. The van der Waals surface area contributed by atoms with Crippen LogP contribution in [0.2, 0.25) is 0 Å². The van der Waals surface area contributed by atoms with E-state index in [4.69, 9.17) is 4.74 Å². The molecule has 0 saturated carbocycles. The number of ether oxygens (including phenoxy) is 1. The number of halogens is 2. The molecule has 5 nitrogen and oxygen atoms in total. The molecule has 1 aliphatic heterocycles. The fourth-order valence-corrected chi connectivity index (χ4v) is 4.57. The number of amides is 1. The summed E-state index contributed by atoms with van der Waals surface area (Å²) < 4.78 is 19.9. The van der Waals surface area contributed by atoms with Crippen LogP contribution in [0.3, 0.4) is 0 Å². The molecule has 0 bridgehead atoms. The van der Waals surface area contributed by atoms with E-state index >= 15 is 0 Å². The Hall–Kier alpha value is -2.67. The summed E-state index contributed by atoms with van der Waals surface area (Å²) in [5.74, 6) is -0.264. The fourth-order valence-electron chi connectivity index (χ4n) is 4.20. The van der Waals surface area contributed by atoms with Gasteiger partial charge in [-0.2, -0.15) is 0 Å². The van der Waals surface area contributed by atoms with Crippen LogP contribution in [0.1, 0.15) is 46.2 Å². The maximum Gasteiger partial charge on any atom is 0.410 e. The number of pyridine rings is 1. The van der Waals surface area contributed by atoms with Crippen LogP contribution in [-0.2, 0) is 10.2 Å². The van der Waals surface area contributed by atoms with Crippen LogP contribution < -0.4 is 0 Å². The van der Waals surface area contributed by atoms with Gasteiger partial charge in [-0.3, -0.25) is 0 Å². The number of nitrogens with zero attached hydrogens (tertiary/aromatic N) is 2. The third-order valence-corrected chi connectivity index (χ3v) is 6.59. The maximum absolute atomic E-state index is 13.6. The van der Waals surface area contributed by atoms with Gasteiger partial charge in [0.05, 0.1) is 5.69 Å². The van der Waals surface area contributed by atoms with E-state index < -0.39 is 5.60 Å². The number of rotatable bonds is 3. The lowest BCUT2D eigenvalue weighted by Crippen LogP contribution is -2.45. The van der Waals surface area contributed by atoms with Gasteiger partial charge in [0.25, 0.3) is 0 Å². The van der Waals surface area contributed by atoms with Gasteiger partial charge >= 0.3 is 6.09 Å². The van der Waals surface area contributed by atoms with E-state index in [1.807, 2.05) is 32.9 Å². The van der Waals surface area contributed by atoms with Gasteiger partial charge in [-0.05, 0) is 103 Å². The van der Waals surface area contributed by atoms with Crippen molar-refractivity contribution >= 4 is 22.0 Å². The molecule has 1 N–H and O–H groups in total. The van der Waals surface area contributed by atoms with Crippen molar-refractivity contribution in [1.29, 1.82) is 0 Å². The Kier molecular flexibility index (Phi) is 6.36. The molecule has 174 valence electrons. The minimum absolute atomic E-state index is 0.129. The molecular weight excluding hydrogens is 485 g/mol. The number of hydrogen-bond donors (Lipinski definition) is 1. The summed E-state index contributed by atoms with van der Waals surface area (Å²) in [6.07, 6.45) is 3.14. The molecule has 4 rings (SSSR count). The number of likely N-dealkylation sites (tertiary alicyclic amines) is 1. The summed E-state index contributed by atoms with van der Waals surface area (Å²) in [5, 5.41) is 0. The third kappa shape index (κ3) is 5.29. The Bertz CT molecular complexity index is 1140. The largest absolute Gasteiger partial charge is 0.444 e. The highest BCUT2D eigenvalue weighted by Crippen LogP contribution is 2.41. The van der Waals surface area contributed by atoms with E-state index in [1.165, 1.54) is 12.1 Å². The van der Waals surface area contributed by atoms with Crippen molar-refractivity contribution in [2.75, 3.05) is 13.1 Å². The highest BCUT2D eigenvalue weighted by atomic mass is 79.9. The van der Waals surface area contributed by atoms with Crippen LogP contribution in [0.4, 0.5) is 9.18 Å². The van der Waals surface area contributed by atoms with Gasteiger partial charge in [0.2, 0.25) is 0 Å². The molecule has 1 fully saturated rings. The van der Waals surface area contributed by atoms with E-state index in [2.05, 4.69) is 38.9 Å². The summed E-state index contributed by atoms with van der Waals surface area (Å²) >= 11 is 3.46. The number of hydrogen-bond acceptors (Lipinski definition) is 3. The van der Waals surface area contributed by atoms with Crippen LogP contribution in [0.15, 0.2) is 53.3 Å². The normalized spacial score (nSPS) is 16.0. The van der Waals surface area contributed by atoms with Crippen molar-refractivity contribution in [2.24, 2.45) is 0 Å². The predicted octanol–water partition coefficient (Wildman–Crippen LogP) is 6.93. The summed E-state index contributed by atoms with van der Waals surface area (Å²) in [6, 6.07) is 12.7. The lowest BCUT2D eigenvalue weighted by molar-refractivity contribution is 0.0170. The molecule has 1 aromatic carbocycles. The lowest BCUT2D eigenvalue weighted by atomic mass is 9.77. The quantitative estimate of drug-likeness (QED) is 0.386. The van der Waals surface area contributed by atoms with Gasteiger partial charge in [-0.15, -0.1) is 0 Å². The molecule has 3 heterocycles. The molecule has 7 heteroatoms. The number of piperidine rings is 1. The second-order valence-corrected chi connectivity index (χ2v) is 10.7. The average molecular weight is 514 g/mol. The second-order valence-electron chi connectivity index (χ2n) is 9.87. The number of nitrogens with one attached hydrogen (secondary N) is 1. The van der Waals surface area contributed by atoms with E-state index in [9.17, 15) is 9.18 Å². The molecule has 0 spiro atoms. The molecule has 33 heavy (non-hydrogen) atoms. The number of carbonyl (C=O) groups excluding carboxylic acids is 1. The summed E-state index contributed by atoms with van der Waals surface area (Å²) in [6.45, 7) is 9.14. The molecule has 0 atom stereocenters. The van der Waals surface area contributed by atoms with Crippen LogP contribution in [0, 0.1) is 5.82 Å². The van der Waals surface area contributed by atoms with Gasteiger partial charge in [-0.1, -0.05) is 6.92 Å². The van der Waals surface area contributed by atoms with E-state index in [0.717, 1.165) is 45.5 Å². The van der Waals surface area contributed by atoms with E-state index in [-0.39, 0.29) is 17.3 Å². The van der Waals surface area contributed by atoms with Gasteiger partial charge in [-0.25, -0.2) is 14.2 Å². The van der Waals surface area contributed by atoms with Gasteiger partial charge in [0, 0.05) is 36.0 Å². The standard InChI is InChI=1S/C26H29BrFN3O2/c1-25(2,3)33-24(32)31-13-10-26(4,11-14-31)21-16-20(18-9-12-29-22(27)15-18)23(30-21)17-5-7-19(28)8-6-17/h5-9,12,15-16,30H,10-11,13-14H2,1-4H3.